The quantitative estimate of drug-likeness (QED) is 0.721. The van der Waals surface area contributed by atoms with E-state index in [2.05, 4.69) is 9.97 Å². The first-order valence-electron chi connectivity index (χ1n) is 7.21. The van der Waals surface area contributed by atoms with Crippen LogP contribution in [0.5, 0.6) is 0 Å². The third-order valence-electron chi connectivity index (χ3n) is 3.19. The Morgan fingerprint density at radius 2 is 1.73 bits per heavy atom. The first-order chi connectivity index (χ1) is 10.4. The predicted octanol–water partition coefficient (Wildman–Crippen LogP) is 4.19. The number of hydrogen-bond acceptors (Lipinski definition) is 3. The summed E-state index contributed by atoms with van der Waals surface area (Å²) in [5.74, 6) is 0.325. The van der Waals surface area contributed by atoms with Crippen LogP contribution in [0, 0.1) is 0 Å². The minimum Gasteiger partial charge on any atom is -0.456 e. The molecule has 1 heterocycles. The molecule has 2 aromatic carbocycles. The molecule has 3 rings (SSSR count). The summed E-state index contributed by atoms with van der Waals surface area (Å²) in [6, 6.07) is 15.1. The molecule has 0 radical (unpaired) electrons. The Morgan fingerprint density at radius 1 is 1.05 bits per heavy atom. The van der Waals surface area contributed by atoms with Crippen molar-refractivity contribution in [2.45, 2.75) is 26.4 Å². The van der Waals surface area contributed by atoms with E-state index in [0.717, 1.165) is 16.6 Å². The highest BCUT2D eigenvalue weighted by molar-refractivity contribution is 5.97. The van der Waals surface area contributed by atoms with E-state index >= 15 is 0 Å². The summed E-state index contributed by atoms with van der Waals surface area (Å²) in [4.78, 5) is 20.2. The zero-order valence-electron chi connectivity index (χ0n) is 12.9. The molecule has 0 saturated heterocycles. The van der Waals surface area contributed by atoms with Crippen LogP contribution in [0.3, 0.4) is 0 Å². The van der Waals surface area contributed by atoms with Crippen LogP contribution >= 0.6 is 0 Å². The van der Waals surface area contributed by atoms with E-state index in [1.54, 1.807) is 6.07 Å². The SMILES string of the molecule is CC(C)(C)OC(=O)c1ccccc1-c1nc2ccccc2[nH]1. The molecule has 0 aliphatic carbocycles. The molecule has 4 nitrogen and oxygen atoms in total. The number of carbonyl (C=O) groups is 1. The first-order valence-corrected chi connectivity index (χ1v) is 7.21. The number of carbonyl (C=O) groups excluding carboxylic acids is 1. The third kappa shape index (κ3) is 2.86. The lowest BCUT2D eigenvalue weighted by atomic mass is 10.1. The Bertz CT molecular complexity index is 795. The van der Waals surface area contributed by atoms with Gasteiger partial charge in [-0.15, -0.1) is 0 Å². The van der Waals surface area contributed by atoms with Gasteiger partial charge >= 0.3 is 5.97 Å². The first kappa shape index (κ1) is 14.3. The van der Waals surface area contributed by atoms with Crippen molar-refractivity contribution in [2.75, 3.05) is 0 Å². The number of imidazole rings is 1. The molecule has 112 valence electrons. The number of rotatable bonds is 2. The Labute approximate surface area is 129 Å². The van der Waals surface area contributed by atoms with Crippen molar-refractivity contribution in [2.24, 2.45) is 0 Å². The number of aromatic nitrogens is 2. The molecule has 0 fully saturated rings. The maximum Gasteiger partial charge on any atom is 0.339 e. The highest BCUT2D eigenvalue weighted by Gasteiger charge is 2.21. The summed E-state index contributed by atoms with van der Waals surface area (Å²) < 4.78 is 5.48. The second-order valence-electron chi connectivity index (χ2n) is 6.15. The van der Waals surface area contributed by atoms with E-state index in [0.29, 0.717) is 11.4 Å². The summed E-state index contributed by atoms with van der Waals surface area (Å²) in [5, 5.41) is 0. The van der Waals surface area contributed by atoms with Crippen LogP contribution in [0.25, 0.3) is 22.4 Å². The monoisotopic (exact) mass is 294 g/mol. The second kappa shape index (κ2) is 5.30. The van der Waals surface area contributed by atoms with Crippen molar-refractivity contribution >= 4 is 17.0 Å². The number of esters is 1. The molecule has 0 amide bonds. The summed E-state index contributed by atoms with van der Waals surface area (Å²) in [7, 11) is 0. The fourth-order valence-electron chi connectivity index (χ4n) is 2.28. The Hall–Kier alpha value is -2.62. The number of ether oxygens (including phenoxy) is 1. The molecule has 3 aromatic rings. The van der Waals surface area contributed by atoms with Gasteiger partial charge in [-0.1, -0.05) is 30.3 Å². The van der Waals surface area contributed by atoms with Crippen LogP contribution in [0.2, 0.25) is 0 Å². The molecule has 0 unspecified atom stereocenters. The fourth-order valence-corrected chi connectivity index (χ4v) is 2.28. The highest BCUT2D eigenvalue weighted by Crippen LogP contribution is 2.25. The maximum absolute atomic E-state index is 12.4. The van der Waals surface area contributed by atoms with Gasteiger partial charge in [0.1, 0.15) is 11.4 Å². The summed E-state index contributed by atoms with van der Waals surface area (Å²) in [5.41, 5.74) is 2.54. The van der Waals surface area contributed by atoms with Gasteiger partial charge in [-0.3, -0.25) is 0 Å². The molecule has 1 N–H and O–H groups in total. The minimum absolute atomic E-state index is 0.344. The average Bonchev–Trinajstić information content (AvgIpc) is 2.89. The van der Waals surface area contributed by atoms with Crippen molar-refractivity contribution < 1.29 is 9.53 Å². The van der Waals surface area contributed by atoms with E-state index < -0.39 is 5.60 Å². The largest absolute Gasteiger partial charge is 0.456 e. The number of aromatic amines is 1. The van der Waals surface area contributed by atoms with Crippen LogP contribution in [-0.4, -0.2) is 21.5 Å². The van der Waals surface area contributed by atoms with Crippen molar-refractivity contribution in [1.29, 1.82) is 0 Å². The van der Waals surface area contributed by atoms with Gasteiger partial charge in [-0.25, -0.2) is 9.78 Å². The molecular weight excluding hydrogens is 276 g/mol. The summed E-state index contributed by atoms with van der Waals surface area (Å²) >= 11 is 0. The Kier molecular flexibility index (Phi) is 3.45. The number of H-pyrrole nitrogens is 1. The van der Waals surface area contributed by atoms with Crippen LogP contribution in [0.1, 0.15) is 31.1 Å². The van der Waals surface area contributed by atoms with E-state index in [4.69, 9.17) is 4.74 Å². The summed E-state index contributed by atoms with van der Waals surface area (Å²) in [6.07, 6.45) is 0. The number of hydrogen-bond donors (Lipinski definition) is 1. The number of fused-ring (bicyclic) bond motifs is 1. The smallest absolute Gasteiger partial charge is 0.339 e. The Balaban J connectivity index is 2.06. The lowest BCUT2D eigenvalue weighted by molar-refractivity contribution is 0.00704. The lowest BCUT2D eigenvalue weighted by Crippen LogP contribution is -2.24. The van der Waals surface area contributed by atoms with Crippen molar-refractivity contribution in [3.63, 3.8) is 0 Å². The van der Waals surface area contributed by atoms with Crippen molar-refractivity contribution in [1.82, 2.24) is 9.97 Å². The molecule has 0 atom stereocenters. The zero-order valence-corrected chi connectivity index (χ0v) is 12.9. The van der Waals surface area contributed by atoms with Crippen molar-refractivity contribution in [3.8, 4) is 11.4 Å². The fraction of sp³-hybridized carbons (Fsp3) is 0.222. The van der Waals surface area contributed by atoms with Gasteiger partial charge in [0.25, 0.3) is 0 Å². The van der Waals surface area contributed by atoms with E-state index in [1.807, 2.05) is 63.2 Å². The number of para-hydroxylation sites is 2. The minimum atomic E-state index is -0.530. The molecule has 0 saturated carbocycles. The van der Waals surface area contributed by atoms with Crippen LogP contribution in [0.4, 0.5) is 0 Å². The van der Waals surface area contributed by atoms with Gasteiger partial charge in [0, 0.05) is 5.56 Å². The van der Waals surface area contributed by atoms with Crippen LogP contribution < -0.4 is 0 Å². The molecule has 0 aliphatic heterocycles. The second-order valence-corrected chi connectivity index (χ2v) is 6.15. The van der Waals surface area contributed by atoms with Crippen LogP contribution in [-0.2, 0) is 4.74 Å². The normalized spacial score (nSPS) is 11.6. The van der Waals surface area contributed by atoms with Gasteiger partial charge in [0.15, 0.2) is 0 Å². The van der Waals surface area contributed by atoms with E-state index in [1.165, 1.54) is 0 Å². The Morgan fingerprint density at radius 3 is 2.45 bits per heavy atom. The van der Waals surface area contributed by atoms with Gasteiger partial charge in [-0.2, -0.15) is 0 Å². The van der Waals surface area contributed by atoms with Crippen molar-refractivity contribution in [3.05, 3.63) is 54.1 Å². The van der Waals surface area contributed by atoms with Gasteiger partial charge in [-0.05, 0) is 39.0 Å². The van der Waals surface area contributed by atoms with Gasteiger partial charge < -0.3 is 9.72 Å². The number of nitrogens with one attached hydrogen (secondary N) is 1. The number of nitrogens with zero attached hydrogens (tertiary/aromatic N) is 1. The molecule has 0 aliphatic rings. The van der Waals surface area contributed by atoms with Gasteiger partial charge in [0.05, 0.1) is 16.6 Å². The predicted molar refractivity (Wildman–Crippen MR) is 86.7 cm³/mol. The molecular formula is C18H18N2O2. The average molecular weight is 294 g/mol. The topological polar surface area (TPSA) is 55.0 Å². The third-order valence-corrected chi connectivity index (χ3v) is 3.19. The van der Waals surface area contributed by atoms with Gasteiger partial charge in [0.2, 0.25) is 0 Å². The van der Waals surface area contributed by atoms with Crippen LogP contribution in [0.15, 0.2) is 48.5 Å². The maximum atomic E-state index is 12.4. The zero-order chi connectivity index (χ0) is 15.7. The number of benzene rings is 2. The standard InChI is InChI=1S/C18H18N2O2/c1-18(2,3)22-17(21)13-9-5-4-8-12(13)16-19-14-10-6-7-11-15(14)20-16/h4-11H,1-3H3,(H,19,20). The molecule has 0 spiro atoms. The van der Waals surface area contributed by atoms with E-state index in [9.17, 15) is 4.79 Å². The highest BCUT2D eigenvalue weighted by atomic mass is 16.6. The molecule has 4 heteroatoms. The molecule has 0 bridgehead atoms. The summed E-state index contributed by atoms with van der Waals surface area (Å²) in [6.45, 7) is 5.57. The molecule has 1 aromatic heterocycles. The molecule has 22 heavy (non-hydrogen) atoms. The lowest BCUT2D eigenvalue weighted by Gasteiger charge is -2.20. The van der Waals surface area contributed by atoms with E-state index in [-0.39, 0.29) is 5.97 Å².